The Morgan fingerprint density at radius 1 is 1.43 bits per heavy atom. The minimum absolute atomic E-state index is 0.0654. The summed E-state index contributed by atoms with van der Waals surface area (Å²) in [5.74, 6) is -0.0910. The third-order valence-electron chi connectivity index (χ3n) is 1.98. The van der Waals surface area contributed by atoms with Crippen molar-refractivity contribution in [3.05, 3.63) is 18.0 Å². The molecule has 1 aromatic rings. The number of hydrogen-bond donors (Lipinski definition) is 1. The van der Waals surface area contributed by atoms with Gasteiger partial charge >= 0.3 is 0 Å². The first kappa shape index (κ1) is 11.0. The van der Waals surface area contributed by atoms with Gasteiger partial charge in [0.2, 0.25) is 0 Å². The van der Waals surface area contributed by atoms with E-state index in [1.807, 2.05) is 0 Å². The zero-order valence-electron chi connectivity index (χ0n) is 8.35. The summed E-state index contributed by atoms with van der Waals surface area (Å²) in [6.07, 6.45) is 1.27. The predicted octanol–water partition coefficient (Wildman–Crippen LogP) is 1.28. The zero-order valence-corrected chi connectivity index (χ0v) is 9.17. The van der Waals surface area contributed by atoms with Crippen molar-refractivity contribution in [2.45, 2.75) is 30.9 Å². The van der Waals surface area contributed by atoms with Crippen LogP contribution in [0.5, 0.6) is 5.75 Å². The lowest BCUT2D eigenvalue weighted by atomic mass is 10.3. The van der Waals surface area contributed by atoms with E-state index in [2.05, 4.69) is 4.98 Å². The van der Waals surface area contributed by atoms with Crippen molar-refractivity contribution in [2.75, 3.05) is 0 Å². The Balaban J connectivity index is 3.29. The number of rotatable bonds is 2. The summed E-state index contributed by atoms with van der Waals surface area (Å²) < 4.78 is 23.3. The molecule has 0 fully saturated rings. The maximum atomic E-state index is 11.6. The number of sulfone groups is 1. The minimum atomic E-state index is -3.34. The summed E-state index contributed by atoms with van der Waals surface area (Å²) in [4.78, 5) is 3.86. The highest BCUT2D eigenvalue weighted by molar-refractivity contribution is 7.92. The van der Waals surface area contributed by atoms with Crippen LogP contribution in [-0.4, -0.2) is 23.8 Å². The number of aryl methyl sites for hydroxylation is 1. The lowest BCUT2D eigenvalue weighted by Gasteiger charge is -2.08. The Hall–Kier alpha value is -1.10. The Morgan fingerprint density at radius 2 is 2.00 bits per heavy atom. The molecule has 0 saturated carbocycles. The lowest BCUT2D eigenvalue weighted by molar-refractivity contribution is 0.465. The standard InChI is InChI=1S/C9H13NO3S/c1-6(2)14(12,13)8-4-9(11)7(3)10-5-8/h4-6,11H,1-3H3. The topological polar surface area (TPSA) is 67.3 Å². The second-order valence-electron chi connectivity index (χ2n) is 3.37. The molecule has 0 bridgehead atoms. The molecule has 0 unspecified atom stereocenters. The van der Waals surface area contributed by atoms with Crippen LogP contribution in [-0.2, 0) is 9.84 Å². The Morgan fingerprint density at radius 3 is 2.43 bits per heavy atom. The second-order valence-corrected chi connectivity index (χ2v) is 5.87. The summed E-state index contributed by atoms with van der Waals surface area (Å²) in [7, 11) is -3.34. The molecule has 0 saturated heterocycles. The van der Waals surface area contributed by atoms with E-state index in [4.69, 9.17) is 0 Å². The first-order chi connectivity index (χ1) is 6.35. The van der Waals surface area contributed by atoms with Gasteiger partial charge in [0, 0.05) is 12.3 Å². The van der Waals surface area contributed by atoms with E-state index >= 15 is 0 Å². The molecule has 0 aliphatic heterocycles. The molecule has 0 amide bonds. The van der Waals surface area contributed by atoms with E-state index in [0.717, 1.165) is 0 Å². The average Bonchev–Trinajstić information content (AvgIpc) is 2.09. The smallest absolute Gasteiger partial charge is 0.182 e. The van der Waals surface area contributed by atoms with Gasteiger partial charge in [-0.25, -0.2) is 8.42 Å². The summed E-state index contributed by atoms with van der Waals surface area (Å²) in [5, 5.41) is 8.81. The van der Waals surface area contributed by atoms with Gasteiger partial charge in [-0.15, -0.1) is 0 Å². The minimum Gasteiger partial charge on any atom is -0.506 e. The van der Waals surface area contributed by atoms with Crippen molar-refractivity contribution < 1.29 is 13.5 Å². The molecule has 1 heterocycles. The third-order valence-corrected chi connectivity index (χ3v) is 4.11. The normalized spacial score (nSPS) is 12.0. The Bertz CT molecular complexity index is 437. The van der Waals surface area contributed by atoms with Crippen LogP contribution < -0.4 is 0 Å². The van der Waals surface area contributed by atoms with Crippen molar-refractivity contribution in [1.29, 1.82) is 0 Å². The molecule has 1 rings (SSSR count). The fraction of sp³-hybridized carbons (Fsp3) is 0.444. The molecule has 4 nitrogen and oxygen atoms in total. The molecular weight excluding hydrogens is 202 g/mol. The van der Waals surface area contributed by atoms with Crippen LogP contribution in [0.25, 0.3) is 0 Å². The van der Waals surface area contributed by atoms with Crippen LogP contribution in [0.15, 0.2) is 17.2 Å². The van der Waals surface area contributed by atoms with Gasteiger partial charge in [-0.2, -0.15) is 0 Å². The number of hydrogen-bond acceptors (Lipinski definition) is 4. The molecule has 0 radical (unpaired) electrons. The maximum Gasteiger partial charge on any atom is 0.182 e. The highest BCUT2D eigenvalue weighted by Crippen LogP contribution is 2.21. The van der Waals surface area contributed by atoms with Crippen molar-refractivity contribution in [1.82, 2.24) is 4.98 Å². The number of aromatic nitrogens is 1. The second kappa shape index (κ2) is 3.57. The van der Waals surface area contributed by atoms with E-state index in [1.165, 1.54) is 12.3 Å². The average molecular weight is 215 g/mol. The van der Waals surface area contributed by atoms with Crippen LogP contribution >= 0.6 is 0 Å². The fourth-order valence-electron chi connectivity index (χ4n) is 0.931. The largest absolute Gasteiger partial charge is 0.506 e. The van der Waals surface area contributed by atoms with Gasteiger partial charge in [0.25, 0.3) is 0 Å². The molecule has 0 aliphatic rings. The van der Waals surface area contributed by atoms with Crippen molar-refractivity contribution in [3.63, 3.8) is 0 Å². The van der Waals surface area contributed by atoms with Gasteiger partial charge in [0.05, 0.1) is 15.8 Å². The van der Waals surface area contributed by atoms with Crippen LogP contribution in [0.3, 0.4) is 0 Å². The predicted molar refractivity (Wildman–Crippen MR) is 53.0 cm³/mol. The van der Waals surface area contributed by atoms with Crippen molar-refractivity contribution in [2.24, 2.45) is 0 Å². The van der Waals surface area contributed by atoms with E-state index in [-0.39, 0.29) is 10.6 Å². The van der Waals surface area contributed by atoms with E-state index < -0.39 is 15.1 Å². The Labute approximate surface area is 83.5 Å². The molecule has 0 atom stereocenters. The molecule has 1 aromatic heterocycles. The zero-order chi connectivity index (χ0) is 10.9. The third kappa shape index (κ3) is 1.87. The summed E-state index contributed by atoms with van der Waals surface area (Å²) >= 11 is 0. The first-order valence-electron chi connectivity index (χ1n) is 4.25. The van der Waals surface area contributed by atoms with E-state index in [0.29, 0.717) is 5.69 Å². The Kier molecular flexibility index (Phi) is 2.80. The number of nitrogens with zero attached hydrogens (tertiary/aromatic N) is 1. The lowest BCUT2D eigenvalue weighted by Crippen LogP contribution is -2.14. The maximum absolute atomic E-state index is 11.6. The SMILES string of the molecule is Cc1ncc(S(=O)(=O)C(C)C)cc1O. The van der Waals surface area contributed by atoms with Crippen molar-refractivity contribution >= 4 is 9.84 Å². The van der Waals surface area contributed by atoms with Gasteiger partial charge in [-0.1, -0.05) is 0 Å². The van der Waals surface area contributed by atoms with Crippen LogP contribution in [0.4, 0.5) is 0 Å². The van der Waals surface area contributed by atoms with Crippen LogP contribution in [0, 0.1) is 6.92 Å². The summed E-state index contributed by atoms with van der Waals surface area (Å²) in [5.41, 5.74) is 0.424. The number of pyridine rings is 1. The van der Waals surface area contributed by atoms with E-state index in [9.17, 15) is 13.5 Å². The van der Waals surface area contributed by atoms with Gasteiger partial charge in [-0.3, -0.25) is 4.98 Å². The molecule has 0 aliphatic carbocycles. The van der Waals surface area contributed by atoms with E-state index in [1.54, 1.807) is 20.8 Å². The number of aromatic hydroxyl groups is 1. The van der Waals surface area contributed by atoms with Crippen LogP contribution in [0.1, 0.15) is 19.5 Å². The molecule has 0 aromatic carbocycles. The monoisotopic (exact) mass is 215 g/mol. The van der Waals surface area contributed by atoms with Gasteiger partial charge < -0.3 is 5.11 Å². The first-order valence-corrected chi connectivity index (χ1v) is 5.80. The molecule has 14 heavy (non-hydrogen) atoms. The molecule has 78 valence electrons. The summed E-state index contributed by atoms with van der Waals surface area (Å²) in [6, 6.07) is 1.23. The van der Waals surface area contributed by atoms with Crippen LogP contribution in [0.2, 0.25) is 0 Å². The fourth-order valence-corrected chi connectivity index (χ4v) is 1.95. The summed E-state index contributed by atoms with van der Waals surface area (Å²) in [6.45, 7) is 4.79. The van der Waals surface area contributed by atoms with Gasteiger partial charge in [0.15, 0.2) is 9.84 Å². The van der Waals surface area contributed by atoms with Crippen molar-refractivity contribution in [3.8, 4) is 5.75 Å². The van der Waals surface area contributed by atoms with Gasteiger partial charge in [0.1, 0.15) is 5.75 Å². The molecule has 1 N–H and O–H groups in total. The quantitative estimate of drug-likeness (QED) is 0.807. The molecular formula is C9H13NO3S. The van der Waals surface area contributed by atoms with Gasteiger partial charge in [-0.05, 0) is 20.8 Å². The molecule has 0 spiro atoms. The molecule has 5 heteroatoms. The highest BCUT2D eigenvalue weighted by atomic mass is 32.2. The highest BCUT2D eigenvalue weighted by Gasteiger charge is 2.20.